The van der Waals surface area contributed by atoms with E-state index in [9.17, 15) is 0 Å². The summed E-state index contributed by atoms with van der Waals surface area (Å²) < 4.78 is 0. The topological polar surface area (TPSA) is 35.8 Å². The normalized spacial score (nSPS) is 20.4. The van der Waals surface area contributed by atoms with Crippen LogP contribution in [0.1, 0.15) is 32.6 Å². The molecule has 2 heteroatoms. The van der Waals surface area contributed by atoms with Gasteiger partial charge in [0.1, 0.15) is 0 Å². The van der Waals surface area contributed by atoms with Gasteiger partial charge in [-0.1, -0.05) is 6.42 Å². The van der Waals surface area contributed by atoms with Crippen molar-refractivity contribution in [2.24, 2.45) is 5.92 Å². The molecule has 11 heavy (non-hydrogen) atoms. The van der Waals surface area contributed by atoms with Gasteiger partial charge in [-0.25, -0.2) is 0 Å². The van der Waals surface area contributed by atoms with E-state index in [1.165, 1.54) is 19.3 Å². The highest BCUT2D eigenvalue weighted by Gasteiger charge is 2.17. The molecule has 62 valence electrons. The second-order valence-corrected chi connectivity index (χ2v) is 3.47. The molecule has 1 fully saturated rings. The summed E-state index contributed by atoms with van der Waals surface area (Å²) in [4.78, 5) is 0. The number of nitriles is 1. The fraction of sp³-hybridized carbons (Fsp3) is 0.889. The van der Waals surface area contributed by atoms with Crippen LogP contribution in [0.4, 0.5) is 0 Å². The van der Waals surface area contributed by atoms with Gasteiger partial charge in [0.05, 0.1) is 12.5 Å². The molecule has 1 saturated carbocycles. The Hall–Kier alpha value is -0.550. The smallest absolute Gasteiger partial charge is 0.0638 e. The number of nitrogens with zero attached hydrogens (tertiary/aromatic N) is 1. The molecule has 0 aromatic carbocycles. The van der Waals surface area contributed by atoms with E-state index >= 15 is 0 Å². The monoisotopic (exact) mass is 152 g/mol. The van der Waals surface area contributed by atoms with Gasteiger partial charge >= 0.3 is 0 Å². The summed E-state index contributed by atoms with van der Waals surface area (Å²) in [6.07, 6.45) is 4.80. The van der Waals surface area contributed by atoms with Crippen molar-refractivity contribution in [3.63, 3.8) is 0 Å². The molecule has 0 heterocycles. The second-order valence-electron chi connectivity index (χ2n) is 3.47. The van der Waals surface area contributed by atoms with Crippen molar-refractivity contribution < 1.29 is 0 Å². The van der Waals surface area contributed by atoms with E-state index in [-0.39, 0.29) is 0 Å². The summed E-state index contributed by atoms with van der Waals surface area (Å²) in [5, 5.41) is 11.7. The van der Waals surface area contributed by atoms with Gasteiger partial charge in [-0.3, -0.25) is 0 Å². The average molecular weight is 152 g/mol. The zero-order chi connectivity index (χ0) is 8.10. The fourth-order valence-electron chi connectivity index (χ4n) is 1.27. The van der Waals surface area contributed by atoms with Crippen molar-refractivity contribution in [2.45, 2.75) is 38.6 Å². The summed E-state index contributed by atoms with van der Waals surface area (Å²) in [5.41, 5.74) is 0. The molecule has 0 amide bonds. The Bertz CT molecular complexity index is 144. The lowest BCUT2D eigenvalue weighted by molar-refractivity contribution is 0.292. The highest BCUT2D eigenvalue weighted by Crippen LogP contribution is 2.25. The Labute approximate surface area is 68.6 Å². The Morgan fingerprint density at radius 3 is 2.82 bits per heavy atom. The minimum Gasteiger partial charge on any atom is -0.313 e. The maximum Gasteiger partial charge on any atom is 0.0638 e. The van der Waals surface area contributed by atoms with Crippen molar-refractivity contribution >= 4 is 0 Å². The van der Waals surface area contributed by atoms with Crippen molar-refractivity contribution in [1.29, 1.82) is 5.26 Å². The maximum atomic E-state index is 8.38. The molecule has 1 rings (SSSR count). The van der Waals surface area contributed by atoms with E-state index in [1.54, 1.807) is 0 Å². The van der Waals surface area contributed by atoms with Gasteiger partial charge < -0.3 is 5.32 Å². The minimum absolute atomic E-state index is 0.376. The van der Waals surface area contributed by atoms with Crippen LogP contribution in [0.2, 0.25) is 0 Å². The zero-order valence-electron chi connectivity index (χ0n) is 7.14. The van der Waals surface area contributed by atoms with Gasteiger partial charge in [-0.2, -0.15) is 5.26 Å². The zero-order valence-corrected chi connectivity index (χ0v) is 7.14. The summed E-state index contributed by atoms with van der Waals surface area (Å²) in [6, 6.07) is 2.54. The van der Waals surface area contributed by atoms with Crippen LogP contribution < -0.4 is 5.32 Å². The molecule has 0 spiro atoms. The van der Waals surface area contributed by atoms with Gasteiger partial charge in [-0.15, -0.1) is 0 Å². The number of hydrogen-bond acceptors (Lipinski definition) is 2. The third-order valence-corrected chi connectivity index (χ3v) is 2.38. The Kier molecular flexibility index (Phi) is 3.38. The number of rotatable bonds is 4. The van der Waals surface area contributed by atoms with Gasteiger partial charge in [0, 0.05) is 6.04 Å². The van der Waals surface area contributed by atoms with E-state index < -0.39 is 0 Å². The molecule has 1 N–H and O–H groups in total. The first-order valence-electron chi connectivity index (χ1n) is 4.43. The standard InChI is InChI=1S/C9H16N2/c1-8(5-6-10)11-7-9-3-2-4-9/h8-9,11H,2-5,7H2,1H3. The largest absolute Gasteiger partial charge is 0.313 e. The SMILES string of the molecule is CC(CC#N)NCC1CCC1. The van der Waals surface area contributed by atoms with Crippen LogP contribution in [0.25, 0.3) is 0 Å². The van der Waals surface area contributed by atoms with Gasteiger partial charge in [0.15, 0.2) is 0 Å². The summed E-state index contributed by atoms with van der Waals surface area (Å²) >= 11 is 0. The van der Waals surface area contributed by atoms with Crippen molar-refractivity contribution in [2.75, 3.05) is 6.54 Å². The van der Waals surface area contributed by atoms with Crippen molar-refractivity contribution in [3.05, 3.63) is 0 Å². The maximum absolute atomic E-state index is 8.38. The van der Waals surface area contributed by atoms with Crippen LogP contribution in [0.5, 0.6) is 0 Å². The molecule has 0 aromatic heterocycles. The van der Waals surface area contributed by atoms with Crippen LogP contribution in [0, 0.1) is 17.2 Å². The van der Waals surface area contributed by atoms with Crippen molar-refractivity contribution in [3.8, 4) is 6.07 Å². The Morgan fingerprint density at radius 1 is 1.64 bits per heavy atom. The molecule has 0 aliphatic heterocycles. The summed E-state index contributed by atoms with van der Waals surface area (Å²) in [5.74, 6) is 0.899. The van der Waals surface area contributed by atoms with E-state index in [1.807, 2.05) is 0 Å². The summed E-state index contributed by atoms with van der Waals surface area (Å²) in [7, 11) is 0. The quantitative estimate of drug-likeness (QED) is 0.665. The second kappa shape index (κ2) is 4.35. The van der Waals surface area contributed by atoms with Crippen molar-refractivity contribution in [1.82, 2.24) is 5.32 Å². The number of nitrogens with one attached hydrogen (secondary N) is 1. The average Bonchev–Trinajstić information content (AvgIpc) is 1.85. The highest BCUT2D eigenvalue weighted by molar-refractivity contribution is 4.79. The molecule has 0 saturated heterocycles. The lowest BCUT2D eigenvalue weighted by Crippen LogP contribution is -2.33. The Balaban J connectivity index is 1.97. The molecule has 1 aliphatic rings. The van der Waals surface area contributed by atoms with E-state index in [4.69, 9.17) is 5.26 Å². The van der Waals surface area contributed by atoms with Gasteiger partial charge in [0.25, 0.3) is 0 Å². The third kappa shape index (κ3) is 2.90. The molecule has 1 unspecified atom stereocenters. The molecule has 1 atom stereocenters. The predicted molar refractivity (Wildman–Crippen MR) is 45.0 cm³/mol. The van der Waals surface area contributed by atoms with Gasteiger partial charge in [0.2, 0.25) is 0 Å². The first-order valence-corrected chi connectivity index (χ1v) is 4.43. The first kappa shape index (κ1) is 8.55. The van der Waals surface area contributed by atoms with E-state index in [2.05, 4.69) is 18.3 Å². The predicted octanol–water partition coefficient (Wildman–Crippen LogP) is 1.68. The lowest BCUT2D eigenvalue weighted by Gasteiger charge is -2.26. The number of hydrogen-bond donors (Lipinski definition) is 1. The van der Waals surface area contributed by atoms with Gasteiger partial charge in [-0.05, 0) is 32.2 Å². The molecule has 1 aliphatic carbocycles. The molecule has 0 radical (unpaired) electrons. The van der Waals surface area contributed by atoms with E-state index in [0.29, 0.717) is 12.5 Å². The van der Waals surface area contributed by atoms with Crippen LogP contribution in [-0.2, 0) is 0 Å². The van der Waals surface area contributed by atoms with Crippen LogP contribution in [0.15, 0.2) is 0 Å². The molecule has 0 bridgehead atoms. The lowest BCUT2D eigenvalue weighted by atomic mass is 9.85. The molecular formula is C9H16N2. The molecule has 0 aromatic rings. The Morgan fingerprint density at radius 2 is 2.36 bits per heavy atom. The van der Waals surface area contributed by atoms with E-state index in [0.717, 1.165) is 12.5 Å². The summed E-state index contributed by atoms with van der Waals surface area (Å²) in [6.45, 7) is 3.19. The molecular weight excluding hydrogens is 136 g/mol. The fourth-order valence-corrected chi connectivity index (χ4v) is 1.27. The minimum atomic E-state index is 0.376. The van der Waals surface area contributed by atoms with Crippen LogP contribution >= 0.6 is 0 Å². The molecule has 2 nitrogen and oxygen atoms in total. The van der Waals surface area contributed by atoms with Crippen LogP contribution in [0.3, 0.4) is 0 Å². The van der Waals surface area contributed by atoms with Crippen LogP contribution in [-0.4, -0.2) is 12.6 Å². The third-order valence-electron chi connectivity index (χ3n) is 2.38. The first-order chi connectivity index (χ1) is 5.33. The highest BCUT2D eigenvalue weighted by atomic mass is 14.9.